The van der Waals surface area contributed by atoms with Crippen LogP contribution in [0.4, 0.5) is 13.2 Å². The molecule has 0 aromatic heterocycles. The van der Waals surface area contributed by atoms with Crippen LogP contribution in [0.15, 0.2) is 0 Å². The summed E-state index contributed by atoms with van der Waals surface area (Å²) in [6.07, 6.45) is -2.70. The summed E-state index contributed by atoms with van der Waals surface area (Å²) in [5, 5.41) is 2.82. The molecule has 0 aliphatic carbocycles. The number of hydrogen-bond acceptors (Lipinski definition) is 3. The highest BCUT2D eigenvalue weighted by molar-refractivity contribution is 4.90. The van der Waals surface area contributed by atoms with Crippen LogP contribution in [0.2, 0.25) is 0 Å². The maximum Gasteiger partial charge on any atom is 0.405 e. The molecule has 0 amide bonds. The molecule has 16 heavy (non-hydrogen) atoms. The molecule has 2 fully saturated rings. The Labute approximate surface area is 92.9 Å². The molecule has 0 spiro atoms. The minimum Gasteiger partial charge on any atom is -0.381 e. The van der Waals surface area contributed by atoms with Crippen LogP contribution in [0.25, 0.3) is 0 Å². The second-order valence-electron chi connectivity index (χ2n) is 4.34. The molecule has 3 nitrogen and oxygen atoms in total. The largest absolute Gasteiger partial charge is 0.405 e. The molecule has 0 aromatic carbocycles. The van der Waals surface area contributed by atoms with E-state index in [1.54, 1.807) is 4.90 Å². The van der Waals surface area contributed by atoms with Gasteiger partial charge in [-0.3, -0.25) is 4.90 Å². The average molecular weight is 238 g/mol. The number of hydrogen-bond donors (Lipinski definition) is 1. The molecule has 2 heterocycles. The zero-order valence-electron chi connectivity index (χ0n) is 9.09. The quantitative estimate of drug-likeness (QED) is 0.737. The van der Waals surface area contributed by atoms with E-state index in [9.17, 15) is 13.2 Å². The first kappa shape index (κ1) is 12.1. The van der Waals surface area contributed by atoms with Crippen molar-refractivity contribution >= 4 is 0 Å². The Balaban J connectivity index is 2.03. The van der Waals surface area contributed by atoms with E-state index in [4.69, 9.17) is 4.74 Å². The van der Waals surface area contributed by atoms with Gasteiger partial charge in [-0.1, -0.05) is 0 Å². The lowest BCUT2D eigenvalue weighted by Gasteiger charge is -2.43. The summed E-state index contributed by atoms with van der Waals surface area (Å²) in [5.41, 5.74) is 0. The van der Waals surface area contributed by atoms with E-state index in [1.165, 1.54) is 0 Å². The molecule has 1 unspecified atom stereocenters. The molecular weight excluding hydrogens is 221 g/mol. The molecule has 2 saturated heterocycles. The van der Waals surface area contributed by atoms with Crippen LogP contribution in [0.3, 0.4) is 0 Å². The van der Waals surface area contributed by atoms with Crippen molar-refractivity contribution < 1.29 is 17.9 Å². The van der Waals surface area contributed by atoms with Gasteiger partial charge in [0.1, 0.15) is 6.04 Å². The molecule has 2 aliphatic rings. The molecule has 6 heteroatoms. The minimum absolute atomic E-state index is 0.0147. The summed E-state index contributed by atoms with van der Waals surface area (Å²) < 4.78 is 43.7. The Hall–Kier alpha value is -0.330. The zero-order valence-corrected chi connectivity index (χ0v) is 9.09. The van der Waals surface area contributed by atoms with Crippen LogP contribution in [0.5, 0.6) is 0 Å². The van der Waals surface area contributed by atoms with E-state index in [-0.39, 0.29) is 12.6 Å². The van der Waals surface area contributed by atoms with Gasteiger partial charge in [0, 0.05) is 38.9 Å². The lowest BCUT2D eigenvalue weighted by molar-refractivity contribution is -0.196. The maximum absolute atomic E-state index is 12.8. The second kappa shape index (κ2) is 4.89. The number of nitrogens with one attached hydrogen (secondary N) is 1. The number of nitrogens with zero attached hydrogens (tertiary/aromatic N) is 1. The van der Waals surface area contributed by atoms with Gasteiger partial charge in [-0.05, 0) is 12.8 Å². The van der Waals surface area contributed by atoms with E-state index in [0.717, 1.165) is 0 Å². The Bertz CT molecular complexity index is 229. The van der Waals surface area contributed by atoms with Gasteiger partial charge in [-0.2, -0.15) is 13.2 Å². The fourth-order valence-corrected chi connectivity index (χ4v) is 2.48. The summed E-state index contributed by atoms with van der Waals surface area (Å²) in [5.74, 6) is 0. The molecule has 1 atom stereocenters. The van der Waals surface area contributed by atoms with Crippen molar-refractivity contribution in [2.75, 3.05) is 32.8 Å². The Morgan fingerprint density at radius 2 is 1.88 bits per heavy atom. The van der Waals surface area contributed by atoms with E-state index in [1.807, 2.05) is 0 Å². The van der Waals surface area contributed by atoms with E-state index in [2.05, 4.69) is 5.32 Å². The number of piperazine rings is 1. The summed E-state index contributed by atoms with van der Waals surface area (Å²) in [7, 11) is 0. The molecule has 2 rings (SSSR count). The molecular formula is C10H17F3N2O. The van der Waals surface area contributed by atoms with Crippen molar-refractivity contribution in [2.45, 2.75) is 31.1 Å². The fraction of sp³-hybridized carbons (Fsp3) is 1.00. The standard InChI is InChI=1S/C10H17F3N2O/c11-10(12,13)9-7-14-3-4-15(9)8-1-5-16-6-2-8/h8-9,14H,1-7H2. The van der Waals surface area contributed by atoms with Crippen molar-refractivity contribution in [3.05, 3.63) is 0 Å². The van der Waals surface area contributed by atoms with Gasteiger partial charge in [0.15, 0.2) is 0 Å². The fourth-order valence-electron chi connectivity index (χ4n) is 2.48. The lowest BCUT2D eigenvalue weighted by atomic mass is 10.0. The van der Waals surface area contributed by atoms with Crippen molar-refractivity contribution in [1.29, 1.82) is 0 Å². The number of ether oxygens (including phenoxy) is 1. The maximum atomic E-state index is 12.8. The third-order valence-electron chi connectivity index (χ3n) is 3.32. The Morgan fingerprint density at radius 1 is 1.19 bits per heavy atom. The first-order valence-electron chi connectivity index (χ1n) is 5.70. The Kier molecular flexibility index (Phi) is 3.71. The van der Waals surface area contributed by atoms with Gasteiger partial charge >= 0.3 is 6.18 Å². The topological polar surface area (TPSA) is 24.5 Å². The molecule has 94 valence electrons. The van der Waals surface area contributed by atoms with E-state index >= 15 is 0 Å². The summed E-state index contributed by atoms with van der Waals surface area (Å²) >= 11 is 0. The second-order valence-corrected chi connectivity index (χ2v) is 4.34. The normalized spacial score (nSPS) is 30.6. The Morgan fingerprint density at radius 3 is 2.50 bits per heavy atom. The molecule has 0 radical (unpaired) electrons. The lowest BCUT2D eigenvalue weighted by Crippen LogP contribution is -2.61. The van der Waals surface area contributed by atoms with Crippen LogP contribution in [-0.2, 0) is 4.74 Å². The van der Waals surface area contributed by atoms with Crippen LogP contribution < -0.4 is 5.32 Å². The van der Waals surface area contributed by atoms with Gasteiger partial charge < -0.3 is 10.1 Å². The molecule has 0 aromatic rings. The SMILES string of the molecule is FC(F)(F)C1CNCCN1C1CCOCC1. The van der Waals surface area contributed by atoms with Gasteiger partial charge in [-0.15, -0.1) is 0 Å². The monoisotopic (exact) mass is 238 g/mol. The molecule has 1 N–H and O–H groups in total. The van der Waals surface area contributed by atoms with Crippen LogP contribution in [0.1, 0.15) is 12.8 Å². The number of alkyl halides is 3. The highest BCUT2D eigenvalue weighted by Gasteiger charge is 2.46. The van der Waals surface area contributed by atoms with Crippen LogP contribution in [-0.4, -0.2) is 56.0 Å². The predicted octanol–water partition coefficient (Wildman–Crippen LogP) is 1.00. The van der Waals surface area contributed by atoms with E-state index < -0.39 is 12.2 Å². The van der Waals surface area contributed by atoms with Gasteiger partial charge in [0.25, 0.3) is 0 Å². The smallest absolute Gasteiger partial charge is 0.381 e. The highest BCUT2D eigenvalue weighted by Crippen LogP contribution is 2.29. The summed E-state index contributed by atoms with van der Waals surface area (Å²) in [6.45, 7) is 2.30. The van der Waals surface area contributed by atoms with Crippen LogP contribution in [0, 0.1) is 0 Å². The van der Waals surface area contributed by atoms with Crippen molar-refractivity contribution in [1.82, 2.24) is 10.2 Å². The van der Waals surface area contributed by atoms with E-state index in [0.29, 0.717) is 39.1 Å². The highest BCUT2D eigenvalue weighted by atomic mass is 19.4. The minimum atomic E-state index is -4.13. The third-order valence-corrected chi connectivity index (χ3v) is 3.32. The first-order chi connectivity index (χ1) is 7.59. The van der Waals surface area contributed by atoms with Crippen molar-refractivity contribution in [2.24, 2.45) is 0 Å². The van der Waals surface area contributed by atoms with Gasteiger partial charge in [-0.25, -0.2) is 0 Å². The zero-order chi connectivity index (χ0) is 11.6. The average Bonchev–Trinajstić information content (AvgIpc) is 2.29. The van der Waals surface area contributed by atoms with Gasteiger partial charge in [0.2, 0.25) is 0 Å². The van der Waals surface area contributed by atoms with Crippen LogP contribution >= 0.6 is 0 Å². The van der Waals surface area contributed by atoms with Crippen molar-refractivity contribution in [3.63, 3.8) is 0 Å². The molecule has 0 bridgehead atoms. The molecule has 0 saturated carbocycles. The third kappa shape index (κ3) is 2.67. The number of halogens is 3. The van der Waals surface area contributed by atoms with Gasteiger partial charge in [0.05, 0.1) is 0 Å². The van der Waals surface area contributed by atoms with Crippen molar-refractivity contribution in [3.8, 4) is 0 Å². The predicted molar refractivity (Wildman–Crippen MR) is 53.3 cm³/mol. The summed E-state index contributed by atoms with van der Waals surface area (Å²) in [6, 6.07) is -1.30. The number of rotatable bonds is 1. The summed E-state index contributed by atoms with van der Waals surface area (Å²) in [4.78, 5) is 1.61. The molecule has 2 aliphatic heterocycles. The first-order valence-corrected chi connectivity index (χ1v) is 5.70.